The summed E-state index contributed by atoms with van der Waals surface area (Å²) in [6.45, 7) is 7.73. The van der Waals surface area contributed by atoms with Crippen molar-refractivity contribution in [3.8, 4) is 5.75 Å². The quantitative estimate of drug-likeness (QED) is 0.891. The maximum absolute atomic E-state index is 14.1. The lowest BCUT2D eigenvalue weighted by molar-refractivity contribution is 0.0610. The monoisotopic (exact) mass is 347 g/mol. The molecule has 1 aromatic carbocycles. The summed E-state index contributed by atoms with van der Waals surface area (Å²) in [6, 6.07) is 2.88. The normalized spacial score (nSPS) is 29.8. The molecule has 1 amide bonds. The fraction of sp³-hybridized carbons (Fsp3) is 0.632. The Morgan fingerprint density at radius 1 is 1.32 bits per heavy atom. The largest absolute Gasteiger partial charge is 0.483 e. The summed E-state index contributed by atoms with van der Waals surface area (Å²) in [6.07, 6.45) is 2.25. The molecule has 1 aromatic rings. The summed E-state index contributed by atoms with van der Waals surface area (Å²) >= 11 is 0. The fourth-order valence-electron chi connectivity index (χ4n) is 4.48. The van der Waals surface area contributed by atoms with Gasteiger partial charge in [-0.25, -0.2) is 4.39 Å². The molecule has 4 heterocycles. The Balaban J connectivity index is 1.62. The summed E-state index contributed by atoms with van der Waals surface area (Å²) in [7, 11) is 1.90. The van der Waals surface area contributed by atoms with Gasteiger partial charge in [-0.3, -0.25) is 4.79 Å². The highest BCUT2D eigenvalue weighted by atomic mass is 19.1. The number of halogens is 1. The van der Waals surface area contributed by atoms with Crippen LogP contribution in [-0.4, -0.2) is 55.7 Å². The van der Waals surface area contributed by atoms with Gasteiger partial charge in [0.2, 0.25) is 0 Å². The molecule has 3 saturated heterocycles. The molecular weight excluding hydrogens is 321 g/mol. The molecule has 0 spiro atoms. The van der Waals surface area contributed by atoms with E-state index in [-0.39, 0.29) is 11.9 Å². The number of rotatable bonds is 2. The van der Waals surface area contributed by atoms with Crippen molar-refractivity contribution < 1.29 is 13.9 Å². The van der Waals surface area contributed by atoms with Gasteiger partial charge < -0.3 is 19.9 Å². The maximum atomic E-state index is 14.1. The minimum atomic E-state index is -0.426. The summed E-state index contributed by atoms with van der Waals surface area (Å²) in [5, 5.41) is 3.14. The fourth-order valence-corrected chi connectivity index (χ4v) is 4.48. The Morgan fingerprint density at radius 2 is 2.04 bits per heavy atom. The first-order chi connectivity index (χ1) is 11.8. The minimum Gasteiger partial charge on any atom is -0.483 e. The highest BCUT2D eigenvalue weighted by Crippen LogP contribution is 2.40. The Labute approximate surface area is 148 Å². The van der Waals surface area contributed by atoms with E-state index < -0.39 is 11.4 Å². The van der Waals surface area contributed by atoms with Gasteiger partial charge in [0, 0.05) is 25.7 Å². The van der Waals surface area contributed by atoms with E-state index in [1.54, 1.807) is 0 Å². The molecule has 4 aliphatic heterocycles. The van der Waals surface area contributed by atoms with E-state index in [1.807, 2.05) is 25.8 Å². The number of hydrogen-bond donors (Lipinski definition) is 1. The summed E-state index contributed by atoms with van der Waals surface area (Å²) in [4.78, 5) is 17.3. The van der Waals surface area contributed by atoms with Crippen LogP contribution in [0.4, 0.5) is 10.1 Å². The Kier molecular flexibility index (Phi) is 3.90. The maximum Gasteiger partial charge on any atom is 0.255 e. The average Bonchev–Trinajstić information content (AvgIpc) is 2.55. The van der Waals surface area contributed by atoms with Gasteiger partial charge in [0.1, 0.15) is 11.4 Å². The first-order valence-electron chi connectivity index (χ1n) is 9.09. The number of carbonyl (C=O) groups is 1. The van der Waals surface area contributed by atoms with Crippen LogP contribution in [0.3, 0.4) is 0 Å². The third-order valence-corrected chi connectivity index (χ3v) is 5.66. The molecule has 0 aromatic heterocycles. The van der Waals surface area contributed by atoms with E-state index in [2.05, 4.69) is 10.2 Å². The van der Waals surface area contributed by atoms with Gasteiger partial charge in [-0.05, 0) is 51.8 Å². The van der Waals surface area contributed by atoms with Gasteiger partial charge in [-0.15, -0.1) is 0 Å². The van der Waals surface area contributed by atoms with Crippen molar-refractivity contribution in [3.63, 3.8) is 0 Å². The van der Waals surface area contributed by atoms with Crippen molar-refractivity contribution in [1.82, 2.24) is 10.2 Å². The van der Waals surface area contributed by atoms with Crippen molar-refractivity contribution in [2.45, 2.75) is 38.3 Å². The highest BCUT2D eigenvalue weighted by Gasteiger charge is 2.37. The third kappa shape index (κ3) is 3.08. The van der Waals surface area contributed by atoms with Crippen LogP contribution in [0, 0.1) is 11.7 Å². The average molecular weight is 347 g/mol. The van der Waals surface area contributed by atoms with Crippen molar-refractivity contribution >= 4 is 11.6 Å². The molecule has 6 heteroatoms. The number of amides is 1. The predicted octanol–water partition coefficient (Wildman–Crippen LogP) is 2.26. The molecule has 25 heavy (non-hydrogen) atoms. The second kappa shape index (κ2) is 5.87. The zero-order chi connectivity index (χ0) is 17.8. The van der Waals surface area contributed by atoms with Crippen LogP contribution >= 0.6 is 0 Å². The van der Waals surface area contributed by atoms with Gasteiger partial charge in [0.15, 0.2) is 5.75 Å². The van der Waals surface area contributed by atoms with Crippen LogP contribution < -0.4 is 15.0 Å². The SMILES string of the molecule is CN1CC(C)(C)Oc2c(C(=O)NC3CN4CCC3CC4)cc(F)cc21. The number of benzene rings is 1. The Morgan fingerprint density at radius 3 is 2.68 bits per heavy atom. The van der Waals surface area contributed by atoms with Gasteiger partial charge >= 0.3 is 0 Å². The molecule has 0 aliphatic carbocycles. The number of ether oxygens (including phenoxy) is 1. The number of fused-ring (bicyclic) bond motifs is 4. The van der Waals surface area contributed by atoms with Gasteiger partial charge in [0.05, 0.1) is 17.8 Å². The topological polar surface area (TPSA) is 44.8 Å². The van der Waals surface area contributed by atoms with Gasteiger partial charge in [-0.2, -0.15) is 0 Å². The summed E-state index contributed by atoms with van der Waals surface area (Å²) in [5.41, 5.74) is 0.508. The van der Waals surface area contributed by atoms with Crippen LogP contribution in [0.1, 0.15) is 37.0 Å². The minimum absolute atomic E-state index is 0.142. The number of likely N-dealkylation sites (N-methyl/N-ethyl adjacent to an activating group) is 1. The number of piperidine rings is 3. The number of anilines is 1. The van der Waals surface area contributed by atoms with Crippen LogP contribution in [0.2, 0.25) is 0 Å². The Hall–Kier alpha value is -1.82. The van der Waals surface area contributed by atoms with Gasteiger partial charge in [-0.1, -0.05) is 0 Å². The number of hydrogen-bond acceptors (Lipinski definition) is 4. The van der Waals surface area contributed by atoms with Gasteiger partial charge in [0.25, 0.3) is 5.91 Å². The molecular formula is C19H26FN3O2. The molecule has 0 radical (unpaired) electrons. The van der Waals surface area contributed by atoms with E-state index >= 15 is 0 Å². The van der Waals surface area contributed by atoms with E-state index in [9.17, 15) is 9.18 Å². The molecule has 3 fully saturated rings. The lowest BCUT2D eigenvalue weighted by Crippen LogP contribution is -2.57. The Bertz CT molecular complexity index is 698. The van der Waals surface area contributed by atoms with E-state index in [1.165, 1.54) is 12.1 Å². The summed E-state index contributed by atoms with van der Waals surface area (Å²) < 4.78 is 20.2. The predicted molar refractivity (Wildman–Crippen MR) is 94.8 cm³/mol. The molecule has 5 nitrogen and oxygen atoms in total. The second-order valence-corrected chi connectivity index (χ2v) is 8.24. The molecule has 1 atom stereocenters. The molecule has 1 unspecified atom stereocenters. The first kappa shape index (κ1) is 16.6. The molecule has 4 aliphatic rings. The standard InChI is InChI=1S/C19H26FN3O2/c1-19(2)11-22(3)16-9-13(20)8-14(17(16)25-19)18(24)21-15-10-23-6-4-12(15)5-7-23/h8-9,12,15H,4-7,10-11H2,1-3H3,(H,21,24). The van der Waals surface area contributed by atoms with Crippen molar-refractivity contribution in [1.29, 1.82) is 0 Å². The lowest BCUT2D eigenvalue weighted by atomic mass is 9.84. The molecule has 2 bridgehead atoms. The highest BCUT2D eigenvalue weighted by molar-refractivity contribution is 5.99. The number of carbonyl (C=O) groups excluding carboxylic acids is 1. The van der Waals surface area contributed by atoms with E-state index in [4.69, 9.17) is 4.74 Å². The van der Waals surface area contributed by atoms with Crippen LogP contribution in [0.15, 0.2) is 12.1 Å². The van der Waals surface area contributed by atoms with Crippen LogP contribution in [-0.2, 0) is 0 Å². The molecule has 5 rings (SSSR count). The van der Waals surface area contributed by atoms with E-state index in [0.29, 0.717) is 29.5 Å². The molecule has 0 saturated carbocycles. The third-order valence-electron chi connectivity index (χ3n) is 5.66. The first-order valence-corrected chi connectivity index (χ1v) is 9.09. The number of nitrogens with zero attached hydrogens (tertiary/aromatic N) is 2. The van der Waals surface area contributed by atoms with E-state index in [0.717, 1.165) is 32.5 Å². The van der Waals surface area contributed by atoms with Crippen LogP contribution in [0.5, 0.6) is 5.75 Å². The molecule has 136 valence electrons. The smallest absolute Gasteiger partial charge is 0.255 e. The van der Waals surface area contributed by atoms with Crippen molar-refractivity contribution in [2.75, 3.05) is 38.1 Å². The van der Waals surface area contributed by atoms with Crippen LogP contribution in [0.25, 0.3) is 0 Å². The zero-order valence-corrected chi connectivity index (χ0v) is 15.1. The number of nitrogens with one attached hydrogen (secondary N) is 1. The zero-order valence-electron chi connectivity index (χ0n) is 15.1. The van der Waals surface area contributed by atoms with Crippen molar-refractivity contribution in [2.24, 2.45) is 5.92 Å². The van der Waals surface area contributed by atoms with Crippen molar-refractivity contribution in [3.05, 3.63) is 23.5 Å². The lowest BCUT2D eigenvalue weighted by Gasteiger charge is -2.45. The summed E-state index contributed by atoms with van der Waals surface area (Å²) in [5.74, 6) is 0.367. The second-order valence-electron chi connectivity index (χ2n) is 8.24. The molecule has 1 N–H and O–H groups in total.